The number of primary sulfonamides is 1. The third kappa shape index (κ3) is 6.53. The SMILES string of the molecule is Cc1ccc(CN(CCC(=O)Nc2ccc(S(N)(=O)=O)cc2)Cc2ccco2)s1. The van der Waals surface area contributed by atoms with Crippen molar-refractivity contribution in [3.8, 4) is 0 Å². The standard InChI is InChI=1S/C20H23N3O4S2/c1-15-4-7-18(28-15)14-23(13-17-3-2-12-27-17)11-10-20(24)22-16-5-8-19(9-6-16)29(21,25)26/h2-9,12H,10-11,13-14H2,1H3,(H,22,24)(H2,21,25,26). The Kier molecular flexibility index (Phi) is 6.86. The molecule has 3 N–H and O–H groups in total. The lowest BCUT2D eigenvalue weighted by Gasteiger charge is -2.20. The first-order valence-electron chi connectivity index (χ1n) is 9.02. The van der Waals surface area contributed by atoms with Gasteiger partial charge in [0.15, 0.2) is 0 Å². The number of nitrogens with two attached hydrogens (primary N) is 1. The number of anilines is 1. The summed E-state index contributed by atoms with van der Waals surface area (Å²) in [6, 6.07) is 13.7. The number of furan rings is 1. The van der Waals surface area contributed by atoms with Gasteiger partial charge < -0.3 is 9.73 Å². The molecule has 0 bridgehead atoms. The van der Waals surface area contributed by atoms with Gasteiger partial charge in [-0.15, -0.1) is 11.3 Å². The quantitative estimate of drug-likeness (QED) is 0.538. The number of benzene rings is 1. The number of carbonyl (C=O) groups excluding carboxylic acids is 1. The van der Waals surface area contributed by atoms with E-state index in [-0.39, 0.29) is 10.8 Å². The molecule has 1 amide bonds. The van der Waals surface area contributed by atoms with Crippen LogP contribution >= 0.6 is 11.3 Å². The highest BCUT2D eigenvalue weighted by molar-refractivity contribution is 7.89. The molecule has 0 aliphatic rings. The Hall–Kier alpha value is -2.46. The molecule has 0 aliphatic carbocycles. The van der Waals surface area contributed by atoms with Crippen molar-refractivity contribution in [1.29, 1.82) is 0 Å². The summed E-state index contributed by atoms with van der Waals surface area (Å²) >= 11 is 1.74. The summed E-state index contributed by atoms with van der Waals surface area (Å²) in [4.78, 5) is 17.0. The zero-order valence-electron chi connectivity index (χ0n) is 16.0. The van der Waals surface area contributed by atoms with E-state index < -0.39 is 10.0 Å². The van der Waals surface area contributed by atoms with E-state index in [2.05, 4.69) is 29.3 Å². The van der Waals surface area contributed by atoms with E-state index in [9.17, 15) is 13.2 Å². The maximum Gasteiger partial charge on any atom is 0.238 e. The van der Waals surface area contributed by atoms with Crippen molar-refractivity contribution in [2.45, 2.75) is 31.3 Å². The van der Waals surface area contributed by atoms with Crippen LogP contribution in [-0.2, 0) is 27.9 Å². The molecule has 9 heteroatoms. The van der Waals surface area contributed by atoms with E-state index in [4.69, 9.17) is 9.56 Å². The van der Waals surface area contributed by atoms with Crippen molar-refractivity contribution in [3.05, 3.63) is 70.3 Å². The molecule has 3 aromatic rings. The fraction of sp³-hybridized carbons (Fsp3) is 0.250. The van der Waals surface area contributed by atoms with Gasteiger partial charge >= 0.3 is 0 Å². The number of hydrogen-bond donors (Lipinski definition) is 2. The molecule has 3 rings (SSSR count). The molecule has 154 valence electrons. The average Bonchev–Trinajstić information content (AvgIpc) is 3.31. The van der Waals surface area contributed by atoms with Gasteiger partial charge in [-0.05, 0) is 55.5 Å². The van der Waals surface area contributed by atoms with Crippen LogP contribution < -0.4 is 10.5 Å². The fourth-order valence-electron chi connectivity index (χ4n) is 2.84. The van der Waals surface area contributed by atoms with Crippen molar-refractivity contribution in [2.75, 3.05) is 11.9 Å². The fourth-order valence-corrected chi connectivity index (χ4v) is 4.29. The average molecular weight is 434 g/mol. The molecule has 0 fully saturated rings. The summed E-state index contributed by atoms with van der Waals surface area (Å²) < 4.78 is 28.1. The van der Waals surface area contributed by atoms with Crippen LogP contribution in [0.25, 0.3) is 0 Å². The molecule has 0 aliphatic heterocycles. The van der Waals surface area contributed by atoms with Crippen molar-refractivity contribution in [2.24, 2.45) is 5.14 Å². The second-order valence-corrected chi connectivity index (χ2v) is 9.60. The van der Waals surface area contributed by atoms with Gasteiger partial charge in [-0.1, -0.05) is 0 Å². The zero-order valence-corrected chi connectivity index (χ0v) is 17.6. The minimum Gasteiger partial charge on any atom is -0.468 e. The largest absolute Gasteiger partial charge is 0.468 e. The number of sulfonamides is 1. The number of nitrogens with one attached hydrogen (secondary N) is 1. The van der Waals surface area contributed by atoms with Crippen LogP contribution in [0, 0.1) is 6.92 Å². The topological polar surface area (TPSA) is 106 Å². The predicted octanol–water partition coefficient (Wildman–Crippen LogP) is 3.33. The molecule has 1 aromatic carbocycles. The number of aryl methyl sites for hydroxylation is 1. The highest BCUT2D eigenvalue weighted by Gasteiger charge is 2.13. The Morgan fingerprint density at radius 2 is 1.90 bits per heavy atom. The number of amides is 1. The van der Waals surface area contributed by atoms with Gasteiger partial charge in [0.05, 0.1) is 17.7 Å². The summed E-state index contributed by atoms with van der Waals surface area (Å²) in [5.74, 6) is 0.692. The molecule has 0 radical (unpaired) electrons. The highest BCUT2D eigenvalue weighted by atomic mass is 32.2. The van der Waals surface area contributed by atoms with Gasteiger partial charge in [-0.3, -0.25) is 9.69 Å². The van der Waals surface area contributed by atoms with Gasteiger partial charge in [0, 0.05) is 35.0 Å². The molecular weight excluding hydrogens is 410 g/mol. The van der Waals surface area contributed by atoms with E-state index in [1.54, 1.807) is 17.6 Å². The number of rotatable bonds is 9. The van der Waals surface area contributed by atoms with Crippen LogP contribution in [0.2, 0.25) is 0 Å². The molecule has 0 saturated carbocycles. The molecule has 0 saturated heterocycles. The Bertz CT molecular complexity index is 1040. The first-order valence-corrected chi connectivity index (χ1v) is 11.4. The van der Waals surface area contributed by atoms with E-state index in [1.165, 1.54) is 34.0 Å². The summed E-state index contributed by atoms with van der Waals surface area (Å²) in [5.41, 5.74) is 0.522. The first-order chi connectivity index (χ1) is 13.8. The van der Waals surface area contributed by atoms with Crippen molar-refractivity contribution >= 4 is 33.0 Å². The predicted molar refractivity (Wildman–Crippen MR) is 113 cm³/mol. The van der Waals surface area contributed by atoms with E-state index in [1.807, 2.05) is 12.1 Å². The zero-order chi connectivity index (χ0) is 20.9. The van der Waals surface area contributed by atoms with Gasteiger partial charge in [0.1, 0.15) is 5.76 Å². The van der Waals surface area contributed by atoms with Crippen LogP contribution in [0.15, 0.2) is 64.1 Å². The Morgan fingerprint density at radius 3 is 2.48 bits per heavy atom. The van der Waals surface area contributed by atoms with Crippen molar-refractivity contribution in [1.82, 2.24) is 4.90 Å². The smallest absolute Gasteiger partial charge is 0.238 e. The Morgan fingerprint density at radius 1 is 1.14 bits per heavy atom. The maximum atomic E-state index is 12.4. The lowest BCUT2D eigenvalue weighted by atomic mass is 10.2. The first kappa shape index (κ1) is 21.3. The molecule has 29 heavy (non-hydrogen) atoms. The van der Waals surface area contributed by atoms with Crippen LogP contribution in [0.4, 0.5) is 5.69 Å². The summed E-state index contributed by atoms with van der Waals surface area (Å²) in [6.07, 6.45) is 1.93. The van der Waals surface area contributed by atoms with Crippen LogP contribution in [0.5, 0.6) is 0 Å². The molecule has 2 aromatic heterocycles. The summed E-state index contributed by atoms with van der Waals surface area (Å²) in [6.45, 7) is 3.97. The minimum atomic E-state index is -3.75. The normalized spacial score (nSPS) is 11.7. The Labute approximate surface area is 174 Å². The van der Waals surface area contributed by atoms with E-state index in [0.29, 0.717) is 25.2 Å². The molecule has 0 spiro atoms. The Balaban J connectivity index is 1.58. The van der Waals surface area contributed by atoms with Crippen molar-refractivity contribution in [3.63, 3.8) is 0 Å². The van der Waals surface area contributed by atoms with Crippen molar-refractivity contribution < 1.29 is 17.6 Å². The van der Waals surface area contributed by atoms with Gasteiger partial charge in [-0.2, -0.15) is 0 Å². The number of nitrogens with zero attached hydrogens (tertiary/aromatic N) is 1. The maximum absolute atomic E-state index is 12.4. The second-order valence-electron chi connectivity index (χ2n) is 6.67. The van der Waals surface area contributed by atoms with E-state index in [0.717, 1.165) is 12.3 Å². The molecular formula is C20H23N3O4S2. The number of thiophene rings is 1. The third-order valence-electron chi connectivity index (χ3n) is 4.26. The number of carbonyl (C=O) groups is 1. The summed E-state index contributed by atoms with van der Waals surface area (Å²) in [5, 5.41) is 7.86. The van der Waals surface area contributed by atoms with Crippen LogP contribution in [-0.4, -0.2) is 25.8 Å². The summed E-state index contributed by atoms with van der Waals surface area (Å²) in [7, 11) is -3.75. The van der Waals surface area contributed by atoms with Gasteiger partial charge in [-0.25, -0.2) is 13.6 Å². The van der Waals surface area contributed by atoms with Gasteiger partial charge in [0.25, 0.3) is 0 Å². The second kappa shape index (κ2) is 9.36. The molecule has 2 heterocycles. The number of hydrogen-bond acceptors (Lipinski definition) is 6. The molecule has 0 unspecified atom stereocenters. The van der Waals surface area contributed by atoms with Crippen LogP contribution in [0.1, 0.15) is 21.9 Å². The lowest BCUT2D eigenvalue weighted by molar-refractivity contribution is -0.116. The van der Waals surface area contributed by atoms with E-state index >= 15 is 0 Å². The molecule has 0 atom stereocenters. The van der Waals surface area contributed by atoms with Crippen LogP contribution in [0.3, 0.4) is 0 Å². The monoisotopic (exact) mass is 433 g/mol. The minimum absolute atomic E-state index is 0.00589. The van der Waals surface area contributed by atoms with Gasteiger partial charge in [0.2, 0.25) is 15.9 Å². The highest BCUT2D eigenvalue weighted by Crippen LogP contribution is 2.19. The molecule has 7 nitrogen and oxygen atoms in total. The lowest BCUT2D eigenvalue weighted by Crippen LogP contribution is -2.27. The third-order valence-corrected chi connectivity index (χ3v) is 6.17.